The highest BCUT2D eigenvalue weighted by Crippen LogP contribution is 2.38. The number of hydrogen-bond acceptors (Lipinski definition) is 4. The Morgan fingerprint density at radius 1 is 1.04 bits per heavy atom. The molecular weight excluding hydrogens is 344 g/mol. The molecule has 0 spiro atoms. The minimum atomic E-state index is -0.0746. The van der Waals surface area contributed by atoms with Crippen molar-refractivity contribution in [3.8, 4) is 0 Å². The molecule has 1 fully saturated rings. The number of carbonyl (C=O) groups is 1. The quantitative estimate of drug-likeness (QED) is 0.696. The normalized spacial score (nSPS) is 17.0. The van der Waals surface area contributed by atoms with Crippen LogP contribution < -0.4 is 0 Å². The van der Waals surface area contributed by atoms with Gasteiger partial charge in [0.2, 0.25) is 5.91 Å². The van der Waals surface area contributed by atoms with Crippen LogP contribution >= 0.6 is 11.8 Å². The van der Waals surface area contributed by atoms with Crippen molar-refractivity contribution in [2.75, 3.05) is 5.75 Å². The van der Waals surface area contributed by atoms with Crippen LogP contribution in [0, 0.1) is 6.92 Å². The standard InChI is InChI=1S/C20H20N4OS/c1-15-7-9-17(10-8-15)11-23-13-18(21-22-23)20-24(19(25)14-26-20)12-16-5-3-2-4-6-16/h2-10,13,20H,11-12,14H2,1H3/t20-/m1/s1. The number of aryl methyl sites for hydroxylation is 1. The van der Waals surface area contributed by atoms with E-state index in [-0.39, 0.29) is 11.3 Å². The van der Waals surface area contributed by atoms with Crippen molar-refractivity contribution in [3.05, 3.63) is 83.2 Å². The Labute approximate surface area is 157 Å². The number of carbonyl (C=O) groups excluding carboxylic acids is 1. The molecule has 0 aliphatic carbocycles. The average molecular weight is 364 g/mol. The number of hydrogen-bond donors (Lipinski definition) is 0. The molecule has 4 rings (SSSR count). The summed E-state index contributed by atoms with van der Waals surface area (Å²) in [5.41, 5.74) is 4.39. The van der Waals surface area contributed by atoms with E-state index in [1.54, 1.807) is 11.8 Å². The molecule has 26 heavy (non-hydrogen) atoms. The lowest BCUT2D eigenvalue weighted by Crippen LogP contribution is -2.27. The number of nitrogens with zero attached hydrogens (tertiary/aromatic N) is 4. The molecule has 6 heteroatoms. The molecule has 1 amide bonds. The molecule has 1 aliphatic heterocycles. The van der Waals surface area contributed by atoms with E-state index in [0.717, 1.165) is 11.3 Å². The summed E-state index contributed by atoms with van der Waals surface area (Å²) >= 11 is 1.61. The van der Waals surface area contributed by atoms with Crippen molar-refractivity contribution in [1.29, 1.82) is 0 Å². The first-order chi connectivity index (χ1) is 12.7. The van der Waals surface area contributed by atoms with Gasteiger partial charge in [0, 0.05) is 6.54 Å². The Hall–Kier alpha value is -2.60. The first-order valence-corrected chi connectivity index (χ1v) is 9.64. The van der Waals surface area contributed by atoms with Gasteiger partial charge in [-0.25, -0.2) is 4.68 Å². The summed E-state index contributed by atoms with van der Waals surface area (Å²) in [6.07, 6.45) is 1.95. The summed E-state index contributed by atoms with van der Waals surface area (Å²) in [5, 5.41) is 8.52. The largest absolute Gasteiger partial charge is 0.320 e. The lowest BCUT2D eigenvalue weighted by atomic mass is 10.1. The van der Waals surface area contributed by atoms with Gasteiger partial charge in [-0.05, 0) is 18.1 Å². The van der Waals surface area contributed by atoms with Gasteiger partial charge < -0.3 is 4.90 Å². The molecule has 0 bridgehead atoms. The third-order valence-electron chi connectivity index (χ3n) is 4.44. The molecule has 0 N–H and O–H groups in total. The molecule has 0 radical (unpaired) electrons. The molecule has 1 aliphatic rings. The SMILES string of the molecule is Cc1ccc(Cn2cc([C@H]3SCC(=O)N3Cc3ccccc3)nn2)cc1. The topological polar surface area (TPSA) is 51.0 Å². The van der Waals surface area contributed by atoms with Crippen LogP contribution in [0.1, 0.15) is 27.8 Å². The first kappa shape index (κ1) is 16.8. The van der Waals surface area contributed by atoms with Crippen molar-refractivity contribution in [3.63, 3.8) is 0 Å². The van der Waals surface area contributed by atoms with Gasteiger partial charge in [0.25, 0.3) is 0 Å². The Kier molecular flexibility index (Phi) is 4.75. The second-order valence-electron chi connectivity index (χ2n) is 6.50. The summed E-state index contributed by atoms with van der Waals surface area (Å²) < 4.78 is 1.84. The lowest BCUT2D eigenvalue weighted by Gasteiger charge is -2.22. The number of aromatic nitrogens is 3. The first-order valence-electron chi connectivity index (χ1n) is 8.59. The number of benzene rings is 2. The van der Waals surface area contributed by atoms with Crippen LogP contribution in [-0.2, 0) is 17.9 Å². The van der Waals surface area contributed by atoms with E-state index >= 15 is 0 Å². The molecule has 132 valence electrons. The summed E-state index contributed by atoms with van der Waals surface area (Å²) in [6, 6.07) is 18.5. The van der Waals surface area contributed by atoms with Crippen LogP contribution in [0.3, 0.4) is 0 Å². The maximum absolute atomic E-state index is 12.3. The molecule has 1 aromatic heterocycles. The third-order valence-corrected chi connectivity index (χ3v) is 5.66. The second kappa shape index (κ2) is 7.33. The smallest absolute Gasteiger partial charge is 0.234 e. The molecule has 1 atom stereocenters. The van der Waals surface area contributed by atoms with Crippen molar-refractivity contribution in [2.45, 2.75) is 25.4 Å². The van der Waals surface area contributed by atoms with Crippen LogP contribution in [0.25, 0.3) is 0 Å². The van der Waals surface area contributed by atoms with Crippen LogP contribution in [0.5, 0.6) is 0 Å². The van der Waals surface area contributed by atoms with Crippen LogP contribution in [0.15, 0.2) is 60.8 Å². The Morgan fingerprint density at radius 3 is 2.54 bits per heavy atom. The van der Waals surface area contributed by atoms with Crippen LogP contribution in [0.4, 0.5) is 0 Å². The molecule has 1 saturated heterocycles. The molecule has 2 heterocycles. The molecule has 5 nitrogen and oxygen atoms in total. The summed E-state index contributed by atoms with van der Waals surface area (Å²) in [4.78, 5) is 14.2. The highest BCUT2D eigenvalue weighted by molar-refractivity contribution is 8.00. The monoisotopic (exact) mass is 364 g/mol. The van der Waals surface area contributed by atoms with E-state index in [9.17, 15) is 4.79 Å². The Morgan fingerprint density at radius 2 is 1.77 bits per heavy atom. The van der Waals surface area contributed by atoms with Gasteiger partial charge in [0.15, 0.2) is 0 Å². The van der Waals surface area contributed by atoms with Gasteiger partial charge in [-0.1, -0.05) is 65.4 Å². The van der Waals surface area contributed by atoms with Crippen molar-refractivity contribution < 1.29 is 4.79 Å². The Balaban J connectivity index is 1.50. The fourth-order valence-electron chi connectivity index (χ4n) is 3.03. The zero-order chi connectivity index (χ0) is 17.9. The highest BCUT2D eigenvalue weighted by atomic mass is 32.2. The van der Waals surface area contributed by atoms with Crippen molar-refractivity contribution >= 4 is 17.7 Å². The number of amides is 1. The number of thioether (sulfide) groups is 1. The molecular formula is C20H20N4OS. The van der Waals surface area contributed by atoms with E-state index < -0.39 is 0 Å². The van der Waals surface area contributed by atoms with E-state index in [4.69, 9.17) is 0 Å². The minimum Gasteiger partial charge on any atom is -0.320 e. The van der Waals surface area contributed by atoms with Gasteiger partial charge >= 0.3 is 0 Å². The van der Waals surface area contributed by atoms with Gasteiger partial charge in [0.05, 0.1) is 18.5 Å². The van der Waals surface area contributed by atoms with Gasteiger partial charge in [0.1, 0.15) is 11.1 Å². The fourth-order valence-corrected chi connectivity index (χ4v) is 4.15. The maximum Gasteiger partial charge on any atom is 0.234 e. The lowest BCUT2D eigenvalue weighted by molar-refractivity contribution is -0.128. The third kappa shape index (κ3) is 3.65. The molecule has 0 saturated carbocycles. The molecule has 2 aromatic carbocycles. The van der Waals surface area contributed by atoms with Crippen LogP contribution in [-0.4, -0.2) is 31.6 Å². The van der Waals surface area contributed by atoms with Crippen molar-refractivity contribution in [2.24, 2.45) is 0 Å². The van der Waals surface area contributed by atoms with Gasteiger partial charge in [-0.15, -0.1) is 16.9 Å². The predicted octanol–water partition coefficient (Wildman–Crippen LogP) is 3.41. The molecule has 0 unspecified atom stereocenters. The van der Waals surface area contributed by atoms with E-state index in [2.05, 4.69) is 41.5 Å². The number of rotatable bonds is 5. The summed E-state index contributed by atoms with van der Waals surface area (Å²) in [5.74, 6) is 0.638. The van der Waals surface area contributed by atoms with Crippen LogP contribution in [0.2, 0.25) is 0 Å². The zero-order valence-corrected chi connectivity index (χ0v) is 15.4. The predicted molar refractivity (Wildman–Crippen MR) is 102 cm³/mol. The second-order valence-corrected chi connectivity index (χ2v) is 7.57. The average Bonchev–Trinajstić information content (AvgIpc) is 3.25. The van der Waals surface area contributed by atoms with Gasteiger partial charge in [-0.3, -0.25) is 4.79 Å². The van der Waals surface area contributed by atoms with E-state index in [0.29, 0.717) is 18.8 Å². The maximum atomic E-state index is 12.3. The van der Waals surface area contributed by atoms with E-state index in [1.807, 2.05) is 46.1 Å². The fraction of sp³-hybridized carbons (Fsp3) is 0.250. The van der Waals surface area contributed by atoms with E-state index in [1.165, 1.54) is 11.1 Å². The summed E-state index contributed by atoms with van der Waals surface area (Å²) in [6.45, 7) is 3.35. The zero-order valence-electron chi connectivity index (χ0n) is 14.6. The van der Waals surface area contributed by atoms with Gasteiger partial charge in [-0.2, -0.15) is 0 Å². The Bertz CT molecular complexity index is 892. The molecule has 3 aromatic rings. The highest BCUT2D eigenvalue weighted by Gasteiger charge is 2.34. The summed E-state index contributed by atoms with van der Waals surface area (Å²) in [7, 11) is 0. The van der Waals surface area contributed by atoms with Crippen molar-refractivity contribution in [1.82, 2.24) is 19.9 Å². The minimum absolute atomic E-state index is 0.0746.